The lowest BCUT2D eigenvalue weighted by Gasteiger charge is -2.40. The van der Waals surface area contributed by atoms with E-state index >= 15 is 0 Å². The lowest BCUT2D eigenvalue weighted by molar-refractivity contribution is 0.436. The highest BCUT2D eigenvalue weighted by atomic mass is 32.2. The Bertz CT molecular complexity index is 4310. The molecule has 18 rings (SSSR count). The van der Waals surface area contributed by atoms with E-state index in [1.165, 1.54) is 109 Å². The Hall–Kier alpha value is -9.06. The molecule has 0 bridgehead atoms. The fourth-order valence-corrected chi connectivity index (χ4v) is 17.8. The van der Waals surface area contributed by atoms with E-state index in [0.29, 0.717) is 0 Å². The van der Waals surface area contributed by atoms with Gasteiger partial charge in [-0.15, -0.1) is 0 Å². The molecule has 0 aromatic heterocycles. The van der Waals surface area contributed by atoms with E-state index in [0.717, 1.165) is 39.7 Å². The minimum atomic E-state index is -0.581. The molecule has 3 aliphatic carbocycles. The van der Waals surface area contributed by atoms with Crippen LogP contribution in [-0.2, 0) is 16.2 Å². The maximum absolute atomic E-state index is 6.75. The van der Waals surface area contributed by atoms with Gasteiger partial charge in [0.05, 0.1) is 16.2 Å². The third-order valence-electron chi connectivity index (χ3n) is 18.3. The van der Waals surface area contributed by atoms with Crippen molar-refractivity contribution in [1.82, 2.24) is 0 Å². The van der Waals surface area contributed by atoms with Crippen LogP contribution in [0.2, 0.25) is 0 Å². The molecule has 0 radical (unpaired) electrons. The topological polar surface area (TPSA) is 12.5 Å². The maximum Gasteiger partial charge on any atom is 0.132 e. The molecule has 0 unspecified atom stereocenters. The van der Waals surface area contributed by atoms with Crippen molar-refractivity contribution in [1.29, 1.82) is 0 Å². The number of benzene rings is 12. The van der Waals surface area contributed by atoms with Gasteiger partial charge in [-0.1, -0.05) is 224 Å². The Labute approximate surface area is 467 Å². The first-order valence-corrected chi connectivity index (χ1v) is 28.9. The van der Waals surface area contributed by atoms with Crippen LogP contribution in [0.5, 0.6) is 11.5 Å². The van der Waals surface area contributed by atoms with E-state index in [4.69, 9.17) is 4.74 Å². The summed E-state index contributed by atoms with van der Waals surface area (Å²) in [5.41, 5.74) is 24.7. The van der Waals surface area contributed by atoms with Crippen LogP contribution >= 0.6 is 23.5 Å². The molecule has 0 N–H and O–H groups in total. The molecule has 6 aliphatic rings. The van der Waals surface area contributed by atoms with Crippen molar-refractivity contribution in [2.75, 3.05) is 4.90 Å². The quantitative estimate of drug-likeness (QED) is 0.175. The van der Waals surface area contributed by atoms with Crippen LogP contribution in [0.4, 0.5) is 17.1 Å². The molecule has 79 heavy (non-hydrogen) atoms. The van der Waals surface area contributed by atoms with Gasteiger partial charge in [-0.2, -0.15) is 0 Å². The first-order chi connectivity index (χ1) is 39.2. The molecule has 3 heterocycles. The average Bonchev–Trinajstić information content (AvgIpc) is 3.61. The number of para-hydroxylation sites is 2. The van der Waals surface area contributed by atoms with E-state index in [9.17, 15) is 0 Å². The highest BCUT2D eigenvalue weighted by Crippen LogP contribution is 2.67. The van der Waals surface area contributed by atoms with Gasteiger partial charge < -0.3 is 9.64 Å². The lowest BCUT2D eigenvalue weighted by Crippen LogP contribution is -2.32. The van der Waals surface area contributed by atoms with Crippen LogP contribution in [0.1, 0.15) is 66.8 Å². The maximum atomic E-state index is 6.75. The Morgan fingerprint density at radius 3 is 0.962 bits per heavy atom. The number of ether oxygens (including phenoxy) is 1. The Morgan fingerprint density at radius 2 is 0.519 bits per heavy atom. The summed E-state index contributed by atoms with van der Waals surface area (Å²) in [6.45, 7) is 0. The molecule has 3 aliphatic heterocycles. The van der Waals surface area contributed by atoms with Crippen LogP contribution < -0.4 is 9.64 Å². The fourth-order valence-electron chi connectivity index (χ4n) is 15.4. The first-order valence-electron chi connectivity index (χ1n) is 27.3. The second-order valence-electron chi connectivity index (χ2n) is 21.7. The molecular weight excluding hydrogens is 995 g/mol. The molecule has 0 saturated carbocycles. The largest absolute Gasteiger partial charge is 0.457 e. The minimum Gasteiger partial charge on any atom is -0.457 e. The van der Waals surface area contributed by atoms with Crippen molar-refractivity contribution in [3.63, 3.8) is 0 Å². The van der Waals surface area contributed by atoms with Gasteiger partial charge in [-0.3, -0.25) is 0 Å². The van der Waals surface area contributed by atoms with Crippen molar-refractivity contribution < 1.29 is 4.74 Å². The predicted molar refractivity (Wildman–Crippen MR) is 321 cm³/mol. The van der Waals surface area contributed by atoms with Crippen LogP contribution in [-0.4, -0.2) is 0 Å². The number of nitrogens with zero attached hydrogens (tertiary/aromatic N) is 1. The van der Waals surface area contributed by atoms with Crippen LogP contribution in [0.25, 0.3) is 33.4 Å². The Balaban J connectivity index is 0.918. The minimum absolute atomic E-state index is 0.485. The summed E-state index contributed by atoms with van der Waals surface area (Å²) in [6, 6.07) is 103. The molecule has 368 valence electrons. The van der Waals surface area contributed by atoms with Crippen molar-refractivity contribution in [3.05, 3.63) is 340 Å². The van der Waals surface area contributed by atoms with Crippen molar-refractivity contribution >= 4 is 40.6 Å². The zero-order valence-electron chi connectivity index (χ0n) is 42.7. The smallest absolute Gasteiger partial charge is 0.132 e. The van der Waals surface area contributed by atoms with Crippen LogP contribution in [0.15, 0.2) is 293 Å². The zero-order valence-corrected chi connectivity index (χ0v) is 44.3. The van der Waals surface area contributed by atoms with Crippen molar-refractivity contribution in [3.8, 4) is 44.9 Å². The molecule has 4 heteroatoms. The Kier molecular flexibility index (Phi) is 8.92. The van der Waals surface area contributed by atoms with E-state index in [1.807, 2.05) is 23.5 Å². The van der Waals surface area contributed by atoms with Gasteiger partial charge in [-0.05, 0) is 162 Å². The lowest BCUT2D eigenvalue weighted by atomic mass is 9.66. The van der Waals surface area contributed by atoms with Crippen molar-refractivity contribution in [2.24, 2.45) is 0 Å². The van der Waals surface area contributed by atoms with Gasteiger partial charge >= 0.3 is 0 Å². The normalized spacial score (nSPS) is 15.4. The van der Waals surface area contributed by atoms with E-state index in [-0.39, 0.29) is 0 Å². The number of fused-ring (bicyclic) bond motifs is 27. The zero-order chi connectivity index (χ0) is 51.6. The third kappa shape index (κ3) is 5.50. The van der Waals surface area contributed by atoms with Gasteiger partial charge in [0.25, 0.3) is 0 Å². The van der Waals surface area contributed by atoms with Gasteiger partial charge in [-0.25, -0.2) is 0 Å². The predicted octanol–water partition coefficient (Wildman–Crippen LogP) is 19.3. The monoisotopic (exact) mass is 1040 g/mol. The van der Waals surface area contributed by atoms with Gasteiger partial charge in [0, 0.05) is 47.8 Å². The summed E-state index contributed by atoms with van der Waals surface area (Å²) in [4.78, 5) is 7.75. The standard InChI is InChI=1S/C75H45NOS2/c1-4-22-55-49(19-1)52-40-37-48(45-66(52)75(55)64-29-11-17-35-71(64)79-72-36-18-12-30-65(72)75)76(46-38-41-58-53(43-46)50-20-2-5-23-56(50)73(58)60-25-7-13-31-67(60)77-68-32-14-8-26-61(68)73)47-39-42-59-54(44-47)51-21-3-6-24-57(51)74(59)62-27-9-15-33-69(62)78-70-34-16-10-28-63(70)74/h1-45H. The summed E-state index contributed by atoms with van der Waals surface area (Å²) in [5.74, 6) is 1.79. The van der Waals surface area contributed by atoms with Gasteiger partial charge in [0.2, 0.25) is 0 Å². The first kappa shape index (κ1) is 44.0. The number of hydrogen-bond acceptors (Lipinski definition) is 4. The summed E-state index contributed by atoms with van der Waals surface area (Å²) in [5, 5.41) is 0. The molecule has 3 spiro atoms. The average molecular weight is 1040 g/mol. The molecular formula is C75H45NOS2. The third-order valence-corrected chi connectivity index (χ3v) is 20.6. The summed E-state index contributed by atoms with van der Waals surface area (Å²) >= 11 is 3.78. The SMILES string of the molecule is c1ccc2c(c1)Oc1ccccc1C21c2ccccc2-c2cc(N(c3ccc4c(c3)-c3ccccc3C43c4ccccc4Sc4ccccc43)c3ccc4c(c3)C3(c5ccccc5Sc5ccccc53)c3ccccc3-4)ccc21. The molecule has 0 saturated heterocycles. The van der Waals surface area contributed by atoms with E-state index in [1.54, 1.807) is 0 Å². The highest BCUT2D eigenvalue weighted by molar-refractivity contribution is 7.99. The number of hydrogen-bond donors (Lipinski definition) is 0. The molecule has 12 aromatic rings. The molecule has 12 aromatic carbocycles. The fraction of sp³-hybridized carbons (Fsp3) is 0.0400. The second kappa shape index (κ2) is 16.0. The molecule has 0 atom stereocenters. The second-order valence-corrected chi connectivity index (χ2v) is 23.9. The number of rotatable bonds is 3. The van der Waals surface area contributed by atoms with E-state index in [2.05, 4.69) is 278 Å². The highest BCUT2D eigenvalue weighted by Gasteiger charge is 2.54. The van der Waals surface area contributed by atoms with Gasteiger partial charge in [0.15, 0.2) is 0 Å². The van der Waals surface area contributed by atoms with Crippen molar-refractivity contribution in [2.45, 2.75) is 35.8 Å². The molecule has 0 amide bonds. The van der Waals surface area contributed by atoms with Crippen LogP contribution in [0.3, 0.4) is 0 Å². The summed E-state index contributed by atoms with van der Waals surface area (Å²) < 4.78 is 6.75. The Morgan fingerprint density at radius 1 is 0.228 bits per heavy atom. The molecule has 0 fully saturated rings. The van der Waals surface area contributed by atoms with Gasteiger partial charge in [0.1, 0.15) is 11.5 Å². The summed E-state index contributed by atoms with van der Waals surface area (Å²) in [7, 11) is 0. The van der Waals surface area contributed by atoms with E-state index < -0.39 is 16.2 Å². The number of anilines is 3. The van der Waals surface area contributed by atoms with Crippen LogP contribution in [0, 0.1) is 0 Å². The molecule has 2 nitrogen and oxygen atoms in total. The summed E-state index contributed by atoms with van der Waals surface area (Å²) in [6.07, 6.45) is 0.